The Bertz CT molecular complexity index is 1140. The lowest BCUT2D eigenvalue weighted by Gasteiger charge is -2.34. The number of carbonyl (C=O) groups excluding carboxylic acids is 2. The molecule has 0 bridgehead atoms. The van der Waals surface area contributed by atoms with E-state index in [0.717, 1.165) is 28.8 Å². The van der Waals surface area contributed by atoms with Gasteiger partial charge < -0.3 is 4.90 Å². The van der Waals surface area contributed by atoms with Gasteiger partial charge in [0, 0.05) is 18.5 Å². The Labute approximate surface area is 181 Å². The first-order valence-electron chi connectivity index (χ1n) is 10.8. The Balaban J connectivity index is 1.63. The molecule has 0 saturated heterocycles. The van der Waals surface area contributed by atoms with Gasteiger partial charge in [0.15, 0.2) is 0 Å². The highest BCUT2D eigenvalue weighted by atomic mass is 19.1. The highest BCUT2D eigenvalue weighted by Crippen LogP contribution is 2.52. The van der Waals surface area contributed by atoms with E-state index in [2.05, 4.69) is 0 Å². The number of nitrogens with zero attached hydrogens (tertiary/aromatic N) is 1. The molecule has 3 nitrogen and oxygen atoms in total. The molecule has 4 heteroatoms. The van der Waals surface area contributed by atoms with Crippen LogP contribution in [0.3, 0.4) is 0 Å². The maximum absolute atomic E-state index is 14.2. The molecule has 3 aromatic carbocycles. The largest absolute Gasteiger partial charge is 0.307 e. The normalized spacial score (nSPS) is 22.7. The highest BCUT2D eigenvalue weighted by Gasteiger charge is 2.56. The number of fused-ring (bicyclic) bond motifs is 1. The fraction of sp³-hybridized carbons (Fsp3) is 0.259. The standard InChI is InChI=1S/C27H24FNO2/c28-22-10-6-9-20(15-22)18-29-25-12-5-4-11-24(25)27(26(29)31,21-13-14-23(30)16-21)17-19-7-2-1-3-8-19/h1-12,15,21H,13-14,16-18H2/t21-,27-/m0/s1. The summed E-state index contributed by atoms with van der Waals surface area (Å²) in [5.74, 6) is -0.103. The average molecular weight is 413 g/mol. The summed E-state index contributed by atoms with van der Waals surface area (Å²) in [6.45, 7) is 0.310. The molecule has 0 radical (unpaired) electrons. The van der Waals surface area contributed by atoms with E-state index in [9.17, 15) is 14.0 Å². The van der Waals surface area contributed by atoms with Gasteiger partial charge in [-0.05, 0) is 53.6 Å². The zero-order chi connectivity index (χ0) is 21.4. The summed E-state index contributed by atoms with van der Waals surface area (Å²) in [6.07, 6.45) is 2.24. The van der Waals surface area contributed by atoms with E-state index in [-0.39, 0.29) is 23.4 Å². The monoisotopic (exact) mass is 413 g/mol. The lowest BCUT2D eigenvalue weighted by molar-refractivity contribution is -0.125. The van der Waals surface area contributed by atoms with E-state index in [1.54, 1.807) is 11.0 Å². The summed E-state index contributed by atoms with van der Waals surface area (Å²) in [6, 6.07) is 24.3. The number of para-hydroxylation sites is 1. The van der Waals surface area contributed by atoms with Gasteiger partial charge in [-0.2, -0.15) is 0 Å². The molecule has 0 unspecified atom stereocenters. The van der Waals surface area contributed by atoms with Crippen molar-refractivity contribution >= 4 is 17.4 Å². The fourth-order valence-electron chi connectivity index (χ4n) is 5.39. The van der Waals surface area contributed by atoms with Crippen LogP contribution in [0.2, 0.25) is 0 Å². The molecular weight excluding hydrogens is 389 g/mol. The van der Waals surface area contributed by atoms with Gasteiger partial charge in [-0.15, -0.1) is 0 Å². The van der Waals surface area contributed by atoms with Crippen molar-refractivity contribution in [2.75, 3.05) is 4.90 Å². The van der Waals surface area contributed by atoms with Gasteiger partial charge >= 0.3 is 0 Å². The minimum Gasteiger partial charge on any atom is -0.307 e. The summed E-state index contributed by atoms with van der Waals surface area (Å²) >= 11 is 0. The Kier molecular flexibility index (Phi) is 4.93. The van der Waals surface area contributed by atoms with Crippen molar-refractivity contribution < 1.29 is 14.0 Å². The number of benzene rings is 3. The van der Waals surface area contributed by atoms with Gasteiger partial charge in [0.1, 0.15) is 11.6 Å². The van der Waals surface area contributed by atoms with Crippen LogP contribution in [0.5, 0.6) is 0 Å². The number of Topliss-reactive ketones (excluding diaryl/α,β-unsaturated/α-hetero) is 1. The summed E-state index contributed by atoms with van der Waals surface area (Å²) in [7, 11) is 0. The van der Waals surface area contributed by atoms with Crippen molar-refractivity contribution in [3.05, 3.63) is 101 Å². The third-order valence-corrected chi connectivity index (χ3v) is 6.80. The second-order valence-corrected chi connectivity index (χ2v) is 8.65. The predicted octanol–water partition coefficient (Wildman–Crippen LogP) is 5.22. The molecular formula is C27H24FNO2. The zero-order valence-electron chi connectivity index (χ0n) is 17.3. The van der Waals surface area contributed by atoms with Gasteiger partial charge in [0.25, 0.3) is 0 Å². The minimum atomic E-state index is -0.780. The smallest absolute Gasteiger partial charge is 0.238 e. The van der Waals surface area contributed by atoms with Crippen LogP contribution in [-0.2, 0) is 28.0 Å². The number of carbonyl (C=O) groups is 2. The van der Waals surface area contributed by atoms with Crippen molar-refractivity contribution in [3.8, 4) is 0 Å². The van der Waals surface area contributed by atoms with Gasteiger partial charge in [-0.1, -0.05) is 60.7 Å². The van der Waals surface area contributed by atoms with Crippen molar-refractivity contribution in [1.29, 1.82) is 0 Å². The number of ketones is 1. The minimum absolute atomic E-state index is 0.0153. The quantitative estimate of drug-likeness (QED) is 0.575. The second-order valence-electron chi connectivity index (χ2n) is 8.65. The van der Waals surface area contributed by atoms with Gasteiger partial charge in [-0.3, -0.25) is 9.59 Å². The van der Waals surface area contributed by atoms with Gasteiger partial charge in [0.05, 0.1) is 12.0 Å². The Morgan fingerprint density at radius 1 is 0.903 bits per heavy atom. The van der Waals surface area contributed by atoms with E-state index in [4.69, 9.17) is 0 Å². The zero-order valence-corrected chi connectivity index (χ0v) is 17.3. The molecule has 2 aliphatic rings. The number of halogens is 1. The first-order valence-corrected chi connectivity index (χ1v) is 10.8. The van der Waals surface area contributed by atoms with E-state index in [0.29, 0.717) is 25.8 Å². The first kappa shape index (κ1) is 19.7. The topological polar surface area (TPSA) is 37.4 Å². The summed E-state index contributed by atoms with van der Waals surface area (Å²) < 4.78 is 13.8. The third kappa shape index (κ3) is 3.36. The van der Waals surface area contributed by atoms with Crippen LogP contribution in [0.4, 0.5) is 10.1 Å². The third-order valence-electron chi connectivity index (χ3n) is 6.80. The van der Waals surface area contributed by atoms with Crippen LogP contribution in [0.15, 0.2) is 78.9 Å². The molecule has 1 aliphatic heterocycles. The van der Waals surface area contributed by atoms with Crippen LogP contribution in [-0.4, -0.2) is 11.7 Å². The number of amides is 1. The van der Waals surface area contributed by atoms with Gasteiger partial charge in [0.2, 0.25) is 5.91 Å². The molecule has 0 aromatic heterocycles. The first-order chi connectivity index (χ1) is 15.1. The number of hydrogen-bond donors (Lipinski definition) is 0. The fourth-order valence-corrected chi connectivity index (χ4v) is 5.39. The Morgan fingerprint density at radius 2 is 1.65 bits per heavy atom. The molecule has 3 aromatic rings. The van der Waals surface area contributed by atoms with Crippen LogP contribution >= 0.6 is 0 Å². The molecule has 156 valence electrons. The van der Waals surface area contributed by atoms with Gasteiger partial charge in [-0.25, -0.2) is 4.39 Å². The maximum atomic E-state index is 14.2. The van der Waals surface area contributed by atoms with E-state index in [1.807, 2.05) is 60.7 Å². The molecule has 1 aliphatic carbocycles. The SMILES string of the molecule is O=C1CC[C@H]([C@]2(Cc3ccccc3)C(=O)N(Cc3cccc(F)c3)c3ccccc32)C1. The molecule has 0 N–H and O–H groups in total. The lowest BCUT2D eigenvalue weighted by atomic mass is 9.66. The second kappa shape index (κ2) is 7.77. The number of rotatable bonds is 5. The molecule has 2 atom stereocenters. The molecule has 0 spiro atoms. The van der Waals surface area contributed by atoms with Crippen molar-refractivity contribution in [2.24, 2.45) is 5.92 Å². The van der Waals surface area contributed by atoms with Crippen LogP contribution in [0.25, 0.3) is 0 Å². The molecule has 1 amide bonds. The average Bonchev–Trinajstić information content (AvgIpc) is 3.31. The maximum Gasteiger partial charge on any atom is 0.238 e. The van der Waals surface area contributed by atoms with Crippen molar-refractivity contribution in [1.82, 2.24) is 0 Å². The summed E-state index contributed by atoms with van der Waals surface area (Å²) in [5, 5.41) is 0. The van der Waals surface area contributed by atoms with Crippen LogP contribution in [0.1, 0.15) is 36.0 Å². The highest BCUT2D eigenvalue weighted by molar-refractivity contribution is 6.09. The lowest BCUT2D eigenvalue weighted by Crippen LogP contribution is -2.46. The summed E-state index contributed by atoms with van der Waals surface area (Å²) in [4.78, 5) is 28.2. The molecule has 1 heterocycles. The summed E-state index contributed by atoms with van der Waals surface area (Å²) in [5.41, 5.74) is 2.91. The molecule has 1 saturated carbocycles. The Morgan fingerprint density at radius 3 is 2.39 bits per heavy atom. The number of hydrogen-bond acceptors (Lipinski definition) is 2. The van der Waals surface area contributed by atoms with E-state index >= 15 is 0 Å². The predicted molar refractivity (Wildman–Crippen MR) is 118 cm³/mol. The Hall–Kier alpha value is -3.27. The van der Waals surface area contributed by atoms with Crippen molar-refractivity contribution in [2.45, 2.75) is 37.6 Å². The van der Waals surface area contributed by atoms with Crippen molar-refractivity contribution in [3.63, 3.8) is 0 Å². The molecule has 1 fully saturated rings. The van der Waals surface area contributed by atoms with E-state index in [1.165, 1.54) is 12.1 Å². The van der Waals surface area contributed by atoms with Crippen LogP contribution in [0, 0.1) is 11.7 Å². The molecule has 5 rings (SSSR count). The number of anilines is 1. The van der Waals surface area contributed by atoms with Crippen LogP contribution < -0.4 is 4.90 Å². The van der Waals surface area contributed by atoms with E-state index < -0.39 is 5.41 Å². The molecule has 31 heavy (non-hydrogen) atoms.